The summed E-state index contributed by atoms with van der Waals surface area (Å²) in [5.74, 6) is 0.781. The lowest BCUT2D eigenvalue weighted by Crippen LogP contribution is -2.49. The van der Waals surface area contributed by atoms with Crippen molar-refractivity contribution in [1.29, 1.82) is 0 Å². The van der Waals surface area contributed by atoms with Gasteiger partial charge in [0.15, 0.2) is 5.96 Å². The summed E-state index contributed by atoms with van der Waals surface area (Å²) >= 11 is 0. The van der Waals surface area contributed by atoms with E-state index in [-0.39, 0.29) is 0 Å². The summed E-state index contributed by atoms with van der Waals surface area (Å²) in [7, 11) is 1.45. The molecule has 7 nitrogen and oxygen atoms in total. The van der Waals surface area contributed by atoms with Gasteiger partial charge in [-0.25, -0.2) is 12.7 Å². The van der Waals surface area contributed by atoms with E-state index in [9.17, 15) is 8.42 Å². The van der Waals surface area contributed by atoms with E-state index < -0.39 is 10.0 Å². The summed E-state index contributed by atoms with van der Waals surface area (Å²) in [6, 6.07) is 7.98. The van der Waals surface area contributed by atoms with E-state index in [2.05, 4.69) is 34.4 Å². The zero-order valence-electron chi connectivity index (χ0n) is 17.1. The third kappa shape index (κ3) is 5.92. The second kappa shape index (κ2) is 9.52. The average Bonchev–Trinajstić information content (AvgIpc) is 2.65. The van der Waals surface area contributed by atoms with Crippen molar-refractivity contribution in [2.75, 3.05) is 34.2 Å². The van der Waals surface area contributed by atoms with Crippen molar-refractivity contribution < 1.29 is 8.42 Å². The van der Waals surface area contributed by atoms with Crippen LogP contribution in [-0.4, -0.2) is 69.9 Å². The van der Waals surface area contributed by atoms with Crippen molar-refractivity contribution >= 4 is 16.0 Å². The molecule has 1 aromatic rings. The molecule has 0 amide bonds. The van der Waals surface area contributed by atoms with Crippen molar-refractivity contribution in [1.82, 2.24) is 19.8 Å². The minimum absolute atomic E-state index is 0.302. The number of likely N-dealkylation sites (tertiary alicyclic amines) is 1. The Balaban J connectivity index is 1.86. The molecule has 1 aromatic carbocycles. The minimum atomic E-state index is -3.39. The number of nitrogens with one attached hydrogen (secondary N) is 2. The number of sulfonamides is 1. The minimum Gasteiger partial charge on any atom is -0.354 e. The van der Waals surface area contributed by atoms with Gasteiger partial charge >= 0.3 is 0 Å². The van der Waals surface area contributed by atoms with Crippen LogP contribution in [0.5, 0.6) is 0 Å². The van der Waals surface area contributed by atoms with Gasteiger partial charge in [0.1, 0.15) is 0 Å². The molecule has 0 atom stereocenters. The zero-order valence-corrected chi connectivity index (χ0v) is 17.9. The van der Waals surface area contributed by atoms with Crippen LogP contribution in [0.15, 0.2) is 34.2 Å². The fourth-order valence-electron chi connectivity index (χ4n) is 3.12. The highest BCUT2D eigenvalue weighted by atomic mass is 32.2. The Labute approximate surface area is 163 Å². The molecule has 0 aliphatic carbocycles. The van der Waals surface area contributed by atoms with Crippen molar-refractivity contribution in [2.24, 2.45) is 4.99 Å². The Hall–Kier alpha value is -1.64. The summed E-state index contributed by atoms with van der Waals surface area (Å²) in [6.07, 6.45) is 2.21. The summed E-state index contributed by atoms with van der Waals surface area (Å²) in [6.45, 7) is 7.28. The Kier molecular flexibility index (Phi) is 7.64. The number of hydrogen-bond acceptors (Lipinski definition) is 4. The number of rotatable bonds is 6. The monoisotopic (exact) mass is 395 g/mol. The topological polar surface area (TPSA) is 77.0 Å². The molecule has 1 aliphatic heterocycles. The number of guanidine groups is 1. The molecule has 152 valence electrons. The summed E-state index contributed by atoms with van der Waals surface area (Å²) < 4.78 is 25.5. The van der Waals surface area contributed by atoms with E-state index in [1.165, 1.54) is 18.4 Å². The van der Waals surface area contributed by atoms with E-state index in [1.807, 2.05) is 12.1 Å². The van der Waals surface area contributed by atoms with Gasteiger partial charge in [-0.05, 0) is 44.4 Å². The van der Waals surface area contributed by atoms with Crippen molar-refractivity contribution in [3.8, 4) is 0 Å². The van der Waals surface area contributed by atoms with Crippen LogP contribution >= 0.6 is 0 Å². The molecular formula is C19H33N5O2S. The van der Waals surface area contributed by atoms with Gasteiger partial charge in [-0.2, -0.15) is 0 Å². The predicted octanol–water partition coefficient (Wildman–Crippen LogP) is 1.47. The number of aliphatic imine (C=N–C) groups is 1. The van der Waals surface area contributed by atoms with Gasteiger partial charge in [-0.3, -0.25) is 4.99 Å². The van der Waals surface area contributed by atoms with Crippen LogP contribution < -0.4 is 10.6 Å². The molecule has 8 heteroatoms. The van der Waals surface area contributed by atoms with Crippen molar-refractivity contribution in [3.05, 3.63) is 29.8 Å². The number of benzene rings is 1. The molecule has 2 N–H and O–H groups in total. The molecule has 1 fully saturated rings. The van der Waals surface area contributed by atoms with E-state index >= 15 is 0 Å². The molecule has 27 heavy (non-hydrogen) atoms. The Morgan fingerprint density at radius 2 is 1.81 bits per heavy atom. The van der Waals surface area contributed by atoms with Gasteiger partial charge in [0.25, 0.3) is 0 Å². The molecule has 1 saturated heterocycles. The highest BCUT2D eigenvalue weighted by Crippen LogP contribution is 2.14. The van der Waals surface area contributed by atoms with Crippen LogP contribution in [-0.2, 0) is 16.6 Å². The molecule has 2 rings (SSSR count). The van der Waals surface area contributed by atoms with Crippen LogP contribution in [0, 0.1) is 0 Å². The van der Waals surface area contributed by atoms with E-state index in [1.54, 1.807) is 19.2 Å². The molecule has 1 heterocycles. The van der Waals surface area contributed by atoms with Crippen LogP contribution in [0.2, 0.25) is 0 Å². The van der Waals surface area contributed by atoms with Gasteiger partial charge in [-0.1, -0.05) is 12.1 Å². The maximum absolute atomic E-state index is 12.1. The Morgan fingerprint density at radius 3 is 2.30 bits per heavy atom. The summed E-state index contributed by atoms with van der Waals surface area (Å²) in [5.41, 5.74) is 1.00. The first-order valence-corrected chi connectivity index (χ1v) is 10.9. The lowest BCUT2D eigenvalue weighted by atomic mass is 10.0. The largest absolute Gasteiger partial charge is 0.354 e. The average molecular weight is 396 g/mol. The lowest BCUT2D eigenvalue weighted by molar-refractivity contribution is 0.167. The summed E-state index contributed by atoms with van der Waals surface area (Å²) in [4.78, 5) is 7.11. The second-order valence-corrected chi connectivity index (χ2v) is 9.56. The quantitative estimate of drug-likeness (QED) is 0.564. The van der Waals surface area contributed by atoms with Crippen molar-refractivity contribution in [2.45, 2.75) is 50.2 Å². The van der Waals surface area contributed by atoms with E-state index in [4.69, 9.17) is 0 Å². The van der Waals surface area contributed by atoms with Crippen LogP contribution in [0.3, 0.4) is 0 Å². The first-order valence-electron chi connectivity index (χ1n) is 9.46. The maximum Gasteiger partial charge on any atom is 0.242 e. The highest BCUT2D eigenvalue weighted by Gasteiger charge is 2.21. The second-order valence-electron chi connectivity index (χ2n) is 7.41. The normalized spacial score (nSPS) is 17.5. The van der Waals surface area contributed by atoms with Gasteiger partial charge in [0.05, 0.1) is 4.90 Å². The highest BCUT2D eigenvalue weighted by molar-refractivity contribution is 7.89. The lowest BCUT2D eigenvalue weighted by Gasteiger charge is -2.35. The fraction of sp³-hybridized carbons (Fsp3) is 0.632. The molecule has 0 aromatic heterocycles. The first kappa shape index (κ1) is 21.7. The standard InChI is InChI=1S/C19H33N5O2S/c1-15(2)24-12-10-17(11-13-24)22-19(20-3)21-14-16-6-8-18(9-7-16)27(25,26)23(4)5/h6-9,15,17H,10-14H2,1-5H3,(H2,20,21,22). The Bertz CT molecular complexity index is 721. The molecule has 1 aliphatic rings. The number of nitrogens with zero attached hydrogens (tertiary/aromatic N) is 3. The van der Waals surface area contributed by atoms with Gasteiger partial charge in [0, 0.05) is 52.9 Å². The smallest absolute Gasteiger partial charge is 0.242 e. The molecule has 0 spiro atoms. The maximum atomic E-state index is 12.1. The molecule has 0 radical (unpaired) electrons. The van der Waals surface area contributed by atoms with Crippen LogP contribution in [0.25, 0.3) is 0 Å². The third-order valence-corrected chi connectivity index (χ3v) is 6.82. The molecule has 0 saturated carbocycles. The molecular weight excluding hydrogens is 362 g/mol. The first-order chi connectivity index (χ1) is 12.7. The summed E-state index contributed by atoms with van der Waals surface area (Å²) in [5, 5.41) is 6.81. The SMILES string of the molecule is CN=C(NCc1ccc(S(=O)(=O)N(C)C)cc1)NC1CCN(C(C)C)CC1. The third-order valence-electron chi connectivity index (χ3n) is 4.99. The van der Waals surface area contributed by atoms with Crippen LogP contribution in [0.1, 0.15) is 32.3 Å². The fourth-order valence-corrected chi connectivity index (χ4v) is 4.03. The van der Waals surface area contributed by atoms with Gasteiger partial charge in [-0.15, -0.1) is 0 Å². The van der Waals surface area contributed by atoms with E-state index in [0.717, 1.165) is 37.5 Å². The van der Waals surface area contributed by atoms with Crippen molar-refractivity contribution in [3.63, 3.8) is 0 Å². The molecule has 0 unspecified atom stereocenters. The van der Waals surface area contributed by atoms with Gasteiger partial charge in [0.2, 0.25) is 10.0 Å². The van der Waals surface area contributed by atoms with E-state index in [0.29, 0.717) is 23.5 Å². The predicted molar refractivity (Wildman–Crippen MR) is 110 cm³/mol. The van der Waals surface area contributed by atoms with Crippen LogP contribution in [0.4, 0.5) is 0 Å². The molecule has 0 bridgehead atoms. The van der Waals surface area contributed by atoms with Gasteiger partial charge < -0.3 is 15.5 Å². The Morgan fingerprint density at radius 1 is 1.22 bits per heavy atom. The number of hydrogen-bond donors (Lipinski definition) is 2. The zero-order chi connectivity index (χ0) is 20.0. The number of piperidine rings is 1.